The zero-order chi connectivity index (χ0) is 16.9. The van der Waals surface area contributed by atoms with E-state index in [1.807, 2.05) is 36.1 Å². The molecule has 0 saturated carbocycles. The molecule has 0 amide bonds. The molecule has 3 rings (SSSR count). The summed E-state index contributed by atoms with van der Waals surface area (Å²) in [5.41, 5.74) is 4.58. The summed E-state index contributed by atoms with van der Waals surface area (Å²) in [5.74, 6) is 0.917. The topological polar surface area (TPSA) is 48.5 Å². The molecule has 24 heavy (non-hydrogen) atoms. The van der Waals surface area contributed by atoms with Crippen molar-refractivity contribution in [2.75, 3.05) is 5.75 Å². The maximum atomic E-state index is 4.65. The van der Waals surface area contributed by atoms with Gasteiger partial charge in [-0.25, -0.2) is 4.98 Å². The summed E-state index contributed by atoms with van der Waals surface area (Å²) in [5, 5.41) is 8.95. The second-order valence-corrected chi connectivity index (χ2v) is 6.89. The van der Waals surface area contributed by atoms with E-state index < -0.39 is 0 Å². The number of hydrogen-bond acceptors (Lipinski definition) is 4. The van der Waals surface area contributed by atoms with Crippen LogP contribution in [-0.2, 0) is 13.6 Å². The Morgan fingerprint density at radius 2 is 1.96 bits per heavy atom. The van der Waals surface area contributed by atoms with Crippen LogP contribution in [0.15, 0.2) is 53.7 Å². The van der Waals surface area contributed by atoms with E-state index in [0.29, 0.717) is 0 Å². The van der Waals surface area contributed by atoms with Gasteiger partial charge in [0.25, 0.3) is 0 Å². The van der Waals surface area contributed by atoms with E-state index in [4.69, 9.17) is 0 Å². The molecule has 0 radical (unpaired) electrons. The fraction of sp³-hybridized carbons (Fsp3) is 0.278. The molecule has 0 fully saturated rings. The van der Waals surface area contributed by atoms with Gasteiger partial charge in [0, 0.05) is 24.9 Å². The first-order valence-corrected chi connectivity index (χ1v) is 8.86. The Morgan fingerprint density at radius 1 is 1.17 bits per heavy atom. The minimum atomic E-state index is 0.872. The van der Waals surface area contributed by atoms with Gasteiger partial charge in [-0.1, -0.05) is 47.7 Å². The number of rotatable bonds is 6. The van der Waals surface area contributed by atoms with Crippen molar-refractivity contribution in [2.45, 2.75) is 25.5 Å². The molecule has 6 heteroatoms. The highest BCUT2D eigenvalue weighted by Crippen LogP contribution is 2.25. The van der Waals surface area contributed by atoms with E-state index in [-0.39, 0.29) is 0 Å². The van der Waals surface area contributed by atoms with Crippen molar-refractivity contribution in [3.8, 4) is 11.3 Å². The van der Waals surface area contributed by atoms with Crippen LogP contribution in [0.2, 0.25) is 0 Å². The number of aryl methyl sites for hydroxylation is 2. The number of aromatic nitrogens is 5. The highest BCUT2D eigenvalue weighted by atomic mass is 32.2. The number of imidazole rings is 1. The molecule has 0 atom stereocenters. The number of benzene rings is 1. The zero-order valence-corrected chi connectivity index (χ0v) is 15.0. The molecule has 0 unspecified atom stereocenters. The molecule has 0 spiro atoms. The largest absolute Gasteiger partial charge is 0.330 e. The van der Waals surface area contributed by atoms with Crippen LogP contribution >= 0.6 is 11.8 Å². The first-order valence-electron chi connectivity index (χ1n) is 7.87. The molecule has 0 bridgehead atoms. The number of allylic oxidation sites excluding steroid dienone is 1. The Kier molecular flexibility index (Phi) is 5.15. The standard InChI is InChI=1S/C18H21N5S/c1-14(2)11-16-17(15-7-5-4-6-8-15)19-12-23(16)9-10-24-18-21-20-13-22(18)3/h4-8,11-13H,9-10H2,1-3H3. The van der Waals surface area contributed by atoms with Crippen molar-refractivity contribution in [1.82, 2.24) is 24.3 Å². The molecule has 0 aliphatic carbocycles. The third kappa shape index (κ3) is 3.76. The summed E-state index contributed by atoms with van der Waals surface area (Å²) in [7, 11) is 1.96. The fourth-order valence-electron chi connectivity index (χ4n) is 2.45. The smallest absolute Gasteiger partial charge is 0.190 e. The molecular weight excluding hydrogens is 318 g/mol. The van der Waals surface area contributed by atoms with Crippen LogP contribution in [0.1, 0.15) is 19.5 Å². The van der Waals surface area contributed by atoms with Gasteiger partial charge in [0.1, 0.15) is 6.33 Å². The van der Waals surface area contributed by atoms with Crippen molar-refractivity contribution >= 4 is 17.8 Å². The van der Waals surface area contributed by atoms with Crippen molar-refractivity contribution in [3.05, 3.63) is 54.3 Å². The molecule has 5 nitrogen and oxygen atoms in total. The van der Waals surface area contributed by atoms with Crippen molar-refractivity contribution in [1.29, 1.82) is 0 Å². The zero-order valence-electron chi connectivity index (χ0n) is 14.2. The average molecular weight is 339 g/mol. The number of thioether (sulfide) groups is 1. The lowest BCUT2D eigenvalue weighted by Gasteiger charge is -2.08. The molecule has 2 aromatic heterocycles. The van der Waals surface area contributed by atoms with Crippen LogP contribution in [0, 0.1) is 0 Å². The summed E-state index contributed by atoms with van der Waals surface area (Å²) < 4.78 is 4.14. The van der Waals surface area contributed by atoms with Crippen molar-refractivity contribution < 1.29 is 0 Å². The lowest BCUT2D eigenvalue weighted by molar-refractivity contribution is 0.752. The monoisotopic (exact) mass is 339 g/mol. The fourth-order valence-corrected chi connectivity index (χ4v) is 3.28. The third-order valence-electron chi connectivity index (χ3n) is 3.58. The normalized spacial score (nSPS) is 10.8. The van der Waals surface area contributed by atoms with Crippen LogP contribution in [0.25, 0.3) is 17.3 Å². The van der Waals surface area contributed by atoms with Crippen LogP contribution in [0.4, 0.5) is 0 Å². The van der Waals surface area contributed by atoms with Gasteiger partial charge in [-0.15, -0.1) is 10.2 Å². The maximum Gasteiger partial charge on any atom is 0.190 e. The Morgan fingerprint density at radius 3 is 2.62 bits per heavy atom. The Labute approximate surface area is 146 Å². The average Bonchev–Trinajstić information content (AvgIpc) is 3.15. The highest BCUT2D eigenvalue weighted by molar-refractivity contribution is 7.99. The number of nitrogens with zero attached hydrogens (tertiary/aromatic N) is 5. The van der Waals surface area contributed by atoms with E-state index in [0.717, 1.165) is 34.4 Å². The lowest BCUT2D eigenvalue weighted by atomic mass is 10.1. The van der Waals surface area contributed by atoms with Crippen LogP contribution in [0.3, 0.4) is 0 Å². The molecule has 2 heterocycles. The van der Waals surface area contributed by atoms with Gasteiger partial charge in [-0.05, 0) is 19.9 Å². The van der Waals surface area contributed by atoms with Gasteiger partial charge in [-0.3, -0.25) is 0 Å². The first-order chi connectivity index (χ1) is 11.6. The van der Waals surface area contributed by atoms with E-state index in [1.165, 1.54) is 5.57 Å². The molecule has 0 saturated heterocycles. The molecule has 0 N–H and O–H groups in total. The first kappa shape index (κ1) is 16.5. The van der Waals surface area contributed by atoms with Gasteiger partial charge in [-0.2, -0.15) is 0 Å². The Balaban J connectivity index is 1.81. The summed E-state index contributed by atoms with van der Waals surface area (Å²) in [4.78, 5) is 4.65. The Bertz CT molecular complexity index is 828. The maximum absolute atomic E-state index is 4.65. The van der Waals surface area contributed by atoms with Crippen molar-refractivity contribution in [3.63, 3.8) is 0 Å². The summed E-state index contributed by atoms with van der Waals surface area (Å²) in [6.45, 7) is 5.09. The van der Waals surface area contributed by atoms with Crippen LogP contribution in [0.5, 0.6) is 0 Å². The molecule has 0 aliphatic heterocycles. The van der Waals surface area contributed by atoms with Crippen molar-refractivity contribution in [2.24, 2.45) is 7.05 Å². The predicted octanol–water partition coefficient (Wildman–Crippen LogP) is 3.89. The quantitative estimate of drug-likeness (QED) is 0.639. The highest BCUT2D eigenvalue weighted by Gasteiger charge is 2.11. The van der Waals surface area contributed by atoms with E-state index in [1.54, 1.807) is 18.1 Å². The van der Waals surface area contributed by atoms with Gasteiger partial charge in [0.05, 0.1) is 17.7 Å². The molecule has 124 valence electrons. The minimum absolute atomic E-state index is 0.872. The van der Waals surface area contributed by atoms with Gasteiger partial charge in [0.2, 0.25) is 0 Å². The summed E-state index contributed by atoms with van der Waals surface area (Å²) >= 11 is 1.70. The van der Waals surface area contributed by atoms with Gasteiger partial charge >= 0.3 is 0 Å². The summed E-state index contributed by atoms with van der Waals surface area (Å²) in [6, 6.07) is 10.3. The number of hydrogen-bond donors (Lipinski definition) is 0. The van der Waals surface area contributed by atoms with E-state index in [2.05, 4.69) is 51.8 Å². The third-order valence-corrected chi connectivity index (χ3v) is 4.60. The molecule has 1 aromatic carbocycles. The van der Waals surface area contributed by atoms with Crippen LogP contribution in [-0.4, -0.2) is 30.1 Å². The van der Waals surface area contributed by atoms with E-state index >= 15 is 0 Å². The van der Waals surface area contributed by atoms with Gasteiger partial charge < -0.3 is 9.13 Å². The SMILES string of the molecule is CC(C)=Cc1c(-c2ccccc2)ncn1CCSc1nncn1C. The van der Waals surface area contributed by atoms with Crippen LogP contribution < -0.4 is 0 Å². The molecule has 3 aromatic rings. The van der Waals surface area contributed by atoms with E-state index in [9.17, 15) is 0 Å². The second-order valence-electron chi connectivity index (χ2n) is 5.83. The lowest BCUT2D eigenvalue weighted by Crippen LogP contribution is -2.03. The Hall–Kier alpha value is -2.34. The summed E-state index contributed by atoms with van der Waals surface area (Å²) in [6.07, 6.45) is 5.85. The van der Waals surface area contributed by atoms with Gasteiger partial charge in [0.15, 0.2) is 5.16 Å². The second kappa shape index (κ2) is 7.49. The minimum Gasteiger partial charge on any atom is -0.330 e. The molecule has 0 aliphatic rings. The molecular formula is C18H21N5S. The predicted molar refractivity (Wildman–Crippen MR) is 98.7 cm³/mol.